The van der Waals surface area contributed by atoms with E-state index in [4.69, 9.17) is 10.5 Å². The van der Waals surface area contributed by atoms with Gasteiger partial charge in [0.2, 0.25) is 0 Å². The molecule has 0 radical (unpaired) electrons. The average Bonchev–Trinajstić information content (AvgIpc) is 2.30. The molecule has 0 aliphatic heterocycles. The number of carbonyl (C=O) groups excluding carboxylic acids is 1. The molecule has 2 atom stereocenters. The Morgan fingerprint density at radius 1 is 1.35 bits per heavy atom. The van der Waals surface area contributed by atoms with Gasteiger partial charge in [0.05, 0.1) is 4.47 Å². The van der Waals surface area contributed by atoms with Gasteiger partial charge in [0, 0.05) is 12.1 Å². The third-order valence-corrected chi connectivity index (χ3v) is 3.28. The number of nitrogens with two attached hydrogens (primary N) is 1. The minimum absolute atomic E-state index is 0.102. The van der Waals surface area contributed by atoms with Crippen molar-refractivity contribution in [2.45, 2.75) is 52.3 Å². The van der Waals surface area contributed by atoms with Crippen LogP contribution in [0.4, 0.5) is 0 Å². The van der Waals surface area contributed by atoms with E-state index in [1.165, 1.54) is 0 Å². The number of halogens is 1. The van der Waals surface area contributed by atoms with Crippen molar-refractivity contribution in [2.75, 3.05) is 0 Å². The van der Waals surface area contributed by atoms with Crippen molar-refractivity contribution >= 4 is 21.8 Å². The van der Waals surface area contributed by atoms with Crippen molar-refractivity contribution in [3.63, 3.8) is 0 Å². The Kier molecular flexibility index (Phi) is 6.49. The lowest BCUT2D eigenvalue weighted by Gasteiger charge is -2.18. The van der Waals surface area contributed by atoms with Crippen LogP contribution in [0.5, 0.6) is 5.75 Å². The first-order chi connectivity index (χ1) is 9.29. The van der Waals surface area contributed by atoms with Crippen molar-refractivity contribution in [2.24, 2.45) is 5.73 Å². The largest absolute Gasteiger partial charge is 0.480 e. The number of amides is 1. The van der Waals surface area contributed by atoms with Gasteiger partial charge in [-0.25, -0.2) is 0 Å². The molecule has 0 bridgehead atoms. The van der Waals surface area contributed by atoms with Gasteiger partial charge in [-0.1, -0.05) is 6.07 Å². The van der Waals surface area contributed by atoms with Gasteiger partial charge in [-0.15, -0.1) is 0 Å². The van der Waals surface area contributed by atoms with Crippen LogP contribution in [-0.2, 0) is 11.2 Å². The standard InChI is InChI=1S/C15H23BrN2O2/c1-9(2)18-15(19)11(4)20-14-6-5-12(7-10(3)17)8-13(14)16/h5-6,8-11H,7,17H2,1-4H3,(H,18,19). The third kappa shape index (κ3) is 5.51. The fourth-order valence-corrected chi connectivity index (χ4v) is 2.30. The SMILES string of the molecule is CC(N)Cc1ccc(OC(C)C(=O)NC(C)C)c(Br)c1. The van der Waals surface area contributed by atoms with Gasteiger partial charge in [-0.2, -0.15) is 0 Å². The molecule has 1 aromatic carbocycles. The summed E-state index contributed by atoms with van der Waals surface area (Å²) in [6, 6.07) is 6.03. The molecule has 0 aromatic heterocycles. The molecule has 1 aromatic rings. The monoisotopic (exact) mass is 342 g/mol. The van der Waals surface area contributed by atoms with Crippen LogP contribution >= 0.6 is 15.9 Å². The summed E-state index contributed by atoms with van der Waals surface area (Å²) in [5, 5.41) is 2.82. The van der Waals surface area contributed by atoms with E-state index in [-0.39, 0.29) is 18.0 Å². The highest BCUT2D eigenvalue weighted by molar-refractivity contribution is 9.10. The van der Waals surface area contributed by atoms with Crippen LogP contribution in [0.2, 0.25) is 0 Å². The highest BCUT2D eigenvalue weighted by Crippen LogP contribution is 2.27. The summed E-state index contributed by atoms with van der Waals surface area (Å²) < 4.78 is 6.51. The maximum atomic E-state index is 11.8. The molecule has 0 saturated heterocycles. The summed E-state index contributed by atoms with van der Waals surface area (Å²) in [6.45, 7) is 7.54. The molecule has 1 rings (SSSR count). The number of carbonyl (C=O) groups is 1. The summed E-state index contributed by atoms with van der Waals surface area (Å²) in [5.41, 5.74) is 6.92. The molecule has 20 heavy (non-hydrogen) atoms. The molecule has 112 valence electrons. The number of hydrogen-bond acceptors (Lipinski definition) is 3. The molecule has 5 heteroatoms. The first kappa shape index (κ1) is 17.0. The second kappa shape index (κ2) is 7.64. The quantitative estimate of drug-likeness (QED) is 0.835. The van der Waals surface area contributed by atoms with Crippen LogP contribution < -0.4 is 15.8 Å². The zero-order chi connectivity index (χ0) is 15.3. The summed E-state index contributed by atoms with van der Waals surface area (Å²) in [6.07, 6.45) is 0.274. The number of ether oxygens (including phenoxy) is 1. The third-order valence-electron chi connectivity index (χ3n) is 2.66. The summed E-state index contributed by atoms with van der Waals surface area (Å²) in [7, 11) is 0. The maximum Gasteiger partial charge on any atom is 0.260 e. The minimum atomic E-state index is -0.534. The van der Waals surface area contributed by atoms with Crippen molar-refractivity contribution in [1.29, 1.82) is 0 Å². The molecule has 0 aliphatic rings. The smallest absolute Gasteiger partial charge is 0.260 e. The van der Waals surface area contributed by atoms with Gasteiger partial charge in [0.25, 0.3) is 5.91 Å². The Labute approximate surface area is 129 Å². The average molecular weight is 343 g/mol. The zero-order valence-corrected chi connectivity index (χ0v) is 14.0. The molecule has 0 fully saturated rings. The topological polar surface area (TPSA) is 64.3 Å². The number of rotatable bonds is 6. The Balaban J connectivity index is 2.70. The summed E-state index contributed by atoms with van der Waals surface area (Å²) in [4.78, 5) is 11.8. The van der Waals surface area contributed by atoms with E-state index in [9.17, 15) is 4.79 Å². The molecular weight excluding hydrogens is 320 g/mol. The number of benzene rings is 1. The summed E-state index contributed by atoms with van der Waals surface area (Å²) >= 11 is 3.47. The Morgan fingerprint density at radius 3 is 2.50 bits per heavy atom. The van der Waals surface area contributed by atoms with Gasteiger partial charge < -0.3 is 15.8 Å². The van der Waals surface area contributed by atoms with Gasteiger partial charge in [0.1, 0.15) is 5.75 Å². The van der Waals surface area contributed by atoms with Crippen LogP contribution in [0.1, 0.15) is 33.3 Å². The van der Waals surface area contributed by atoms with Crippen molar-refractivity contribution in [3.05, 3.63) is 28.2 Å². The first-order valence-electron chi connectivity index (χ1n) is 6.80. The Hall–Kier alpha value is -1.07. The normalized spacial score (nSPS) is 13.9. The Morgan fingerprint density at radius 2 is 2.00 bits per heavy atom. The van der Waals surface area contributed by atoms with Crippen LogP contribution in [0.3, 0.4) is 0 Å². The number of nitrogens with one attached hydrogen (secondary N) is 1. The lowest BCUT2D eigenvalue weighted by Crippen LogP contribution is -2.40. The van der Waals surface area contributed by atoms with E-state index >= 15 is 0 Å². The zero-order valence-electron chi connectivity index (χ0n) is 12.4. The first-order valence-corrected chi connectivity index (χ1v) is 7.60. The highest BCUT2D eigenvalue weighted by atomic mass is 79.9. The molecule has 1 amide bonds. The van der Waals surface area contributed by atoms with E-state index in [2.05, 4.69) is 21.2 Å². The van der Waals surface area contributed by atoms with Gasteiger partial charge >= 0.3 is 0 Å². The molecule has 0 heterocycles. The molecule has 4 nitrogen and oxygen atoms in total. The summed E-state index contributed by atoms with van der Waals surface area (Å²) in [5.74, 6) is 0.538. The Bertz CT molecular complexity index is 461. The van der Waals surface area contributed by atoms with E-state index in [1.807, 2.05) is 39.0 Å². The van der Waals surface area contributed by atoms with Gasteiger partial charge in [0.15, 0.2) is 6.10 Å². The number of hydrogen-bond donors (Lipinski definition) is 2. The minimum Gasteiger partial charge on any atom is -0.480 e. The van der Waals surface area contributed by atoms with E-state index in [1.54, 1.807) is 6.92 Å². The fourth-order valence-electron chi connectivity index (χ4n) is 1.78. The van der Waals surface area contributed by atoms with Crippen LogP contribution in [0.25, 0.3) is 0 Å². The molecular formula is C15H23BrN2O2. The molecule has 0 spiro atoms. The van der Waals surface area contributed by atoms with E-state index in [0.29, 0.717) is 5.75 Å². The van der Waals surface area contributed by atoms with E-state index in [0.717, 1.165) is 16.5 Å². The highest BCUT2D eigenvalue weighted by Gasteiger charge is 2.16. The maximum absolute atomic E-state index is 11.8. The lowest BCUT2D eigenvalue weighted by molar-refractivity contribution is -0.127. The fraction of sp³-hybridized carbons (Fsp3) is 0.533. The van der Waals surface area contributed by atoms with Crippen molar-refractivity contribution in [3.8, 4) is 5.75 Å². The lowest BCUT2D eigenvalue weighted by atomic mass is 10.1. The van der Waals surface area contributed by atoms with Crippen molar-refractivity contribution < 1.29 is 9.53 Å². The second-order valence-corrected chi connectivity index (χ2v) is 6.22. The molecule has 0 aliphatic carbocycles. The predicted octanol–water partition coefficient (Wildman–Crippen LogP) is 2.63. The van der Waals surface area contributed by atoms with Crippen LogP contribution in [-0.4, -0.2) is 24.1 Å². The van der Waals surface area contributed by atoms with Crippen LogP contribution in [0, 0.1) is 0 Å². The van der Waals surface area contributed by atoms with Crippen molar-refractivity contribution in [1.82, 2.24) is 5.32 Å². The van der Waals surface area contributed by atoms with Gasteiger partial charge in [-0.05, 0) is 67.7 Å². The van der Waals surface area contributed by atoms with E-state index < -0.39 is 6.10 Å². The molecule has 0 saturated carbocycles. The van der Waals surface area contributed by atoms with Gasteiger partial charge in [-0.3, -0.25) is 4.79 Å². The van der Waals surface area contributed by atoms with Crippen LogP contribution in [0.15, 0.2) is 22.7 Å². The predicted molar refractivity (Wildman–Crippen MR) is 84.9 cm³/mol. The molecule has 2 unspecified atom stereocenters. The molecule has 3 N–H and O–H groups in total. The second-order valence-electron chi connectivity index (χ2n) is 5.37.